The number of carbonyl (C=O) groups excluding carboxylic acids is 1. The summed E-state index contributed by atoms with van der Waals surface area (Å²) in [5.74, 6) is 1.86. The van der Waals surface area contributed by atoms with Crippen molar-refractivity contribution < 1.29 is 9.53 Å². The molecule has 1 saturated carbocycles. The van der Waals surface area contributed by atoms with Crippen LogP contribution < -0.4 is 10.1 Å². The predicted octanol–water partition coefficient (Wildman–Crippen LogP) is 3.61. The number of thioether (sulfide) groups is 1. The molecule has 2 heterocycles. The number of hydrogen-bond donors (Lipinski definition) is 1. The largest absolute Gasteiger partial charge is 0.497 e. The van der Waals surface area contributed by atoms with Crippen molar-refractivity contribution >= 4 is 17.7 Å². The van der Waals surface area contributed by atoms with E-state index in [-0.39, 0.29) is 5.91 Å². The van der Waals surface area contributed by atoms with E-state index in [0.29, 0.717) is 22.8 Å². The Labute approximate surface area is 174 Å². The molecule has 4 rings (SSSR count). The fourth-order valence-corrected chi connectivity index (χ4v) is 4.33. The molecule has 1 N–H and O–H groups in total. The number of carbonyl (C=O) groups is 1. The van der Waals surface area contributed by atoms with E-state index in [2.05, 4.69) is 15.5 Å². The molecule has 7 nitrogen and oxygen atoms in total. The molecule has 152 valence electrons. The average Bonchev–Trinajstić information content (AvgIpc) is 3.42. The highest BCUT2D eigenvalue weighted by atomic mass is 32.2. The molecule has 1 fully saturated rings. The number of nitrogens with zero attached hydrogens (tertiary/aromatic N) is 4. The van der Waals surface area contributed by atoms with Gasteiger partial charge in [0.1, 0.15) is 5.75 Å². The van der Waals surface area contributed by atoms with Gasteiger partial charge >= 0.3 is 0 Å². The Morgan fingerprint density at radius 3 is 2.55 bits per heavy atom. The Morgan fingerprint density at radius 1 is 1.14 bits per heavy atom. The number of hydrogen-bond acceptors (Lipinski definition) is 5. The Morgan fingerprint density at radius 2 is 1.86 bits per heavy atom. The maximum Gasteiger partial charge on any atom is 0.230 e. The molecule has 29 heavy (non-hydrogen) atoms. The van der Waals surface area contributed by atoms with Gasteiger partial charge in [0.15, 0.2) is 5.82 Å². The molecule has 0 unspecified atom stereocenters. The third-order valence-corrected chi connectivity index (χ3v) is 6.00. The van der Waals surface area contributed by atoms with Crippen molar-refractivity contribution in [2.24, 2.45) is 0 Å². The smallest absolute Gasteiger partial charge is 0.230 e. The number of aromatic nitrogens is 4. The standard InChI is InChI=1S/C21H25N5O2S/c1-28-18-11-9-16(10-12-18)20-23-24-21(26(20)25-13-5-6-14-25)29-15-19(27)22-17-7-3-2-4-8-17/h5-6,9-14,17H,2-4,7-8,15H2,1H3,(H,22,27). The van der Waals surface area contributed by atoms with Crippen molar-refractivity contribution in [3.8, 4) is 17.1 Å². The Hall–Kier alpha value is -2.74. The van der Waals surface area contributed by atoms with Crippen molar-refractivity contribution in [1.82, 2.24) is 24.9 Å². The minimum atomic E-state index is 0.0509. The van der Waals surface area contributed by atoms with Crippen LogP contribution in [0.3, 0.4) is 0 Å². The second-order valence-corrected chi connectivity index (χ2v) is 8.04. The fraction of sp³-hybridized carbons (Fsp3) is 0.381. The summed E-state index contributed by atoms with van der Waals surface area (Å²) in [7, 11) is 1.64. The maximum atomic E-state index is 12.4. The molecule has 0 atom stereocenters. The first-order valence-electron chi connectivity index (χ1n) is 9.90. The van der Waals surface area contributed by atoms with Crippen LogP contribution in [0.2, 0.25) is 0 Å². The average molecular weight is 412 g/mol. The second kappa shape index (κ2) is 9.17. The lowest BCUT2D eigenvalue weighted by atomic mass is 9.95. The fourth-order valence-electron chi connectivity index (χ4n) is 3.59. The lowest BCUT2D eigenvalue weighted by Crippen LogP contribution is -2.37. The van der Waals surface area contributed by atoms with E-state index in [1.807, 2.05) is 58.1 Å². The number of benzene rings is 1. The van der Waals surface area contributed by atoms with Gasteiger partial charge in [0.2, 0.25) is 11.1 Å². The summed E-state index contributed by atoms with van der Waals surface area (Å²) in [5, 5.41) is 12.6. The Balaban J connectivity index is 1.52. The zero-order valence-corrected chi connectivity index (χ0v) is 17.3. The summed E-state index contributed by atoms with van der Waals surface area (Å²) in [4.78, 5) is 12.4. The molecule has 3 aromatic rings. The van der Waals surface area contributed by atoms with Gasteiger partial charge in [0, 0.05) is 24.0 Å². The van der Waals surface area contributed by atoms with Gasteiger partial charge in [0.05, 0.1) is 12.9 Å². The summed E-state index contributed by atoms with van der Waals surface area (Å²) in [5.41, 5.74) is 0.922. The van der Waals surface area contributed by atoms with E-state index in [9.17, 15) is 4.79 Å². The van der Waals surface area contributed by atoms with E-state index >= 15 is 0 Å². The molecular formula is C21H25N5O2S. The lowest BCUT2D eigenvalue weighted by Gasteiger charge is -2.22. The van der Waals surface area contributed by atoms with Crippen LogP contribution in [0.1, 0.15) is 32.1 Å². The van der Waals surface area contributed by atoms with Gasteiger partial charge < -0.3 is 10.1 Å². The van der Waals surface area contributed by atoms with Gasteiger partial charge in [-0.1, -0.05) is 31.0 Å². The van der Waals surface area contributed by atoms with Gasteiger partial charge in [-0.05, 0) is 49.2 Å². The van der Waals surface area contributed by atoms with Gasteiger partial charge in [-0.25, -0.2) is 4.68 Å². The van der Waals surface area contributed by atoms with E-state index in [4.69, 9.17) is 4.74 Å². The first-order valence-corrected chi connectivity index (χ1v) is 10.9. The quantitative estimate of drug-likeness (QED) is 0.601. The maximum absolute atomic E-state index is 12.4. The minimum Gasteiger partial charge on any atom is -0.497 e. The van der Waals surface area contributed by atoms with Crippen LogP contribution in [-0.2, 0) is 4.79 Å². The highest BCUT2D eigenvalue weighted by Crippen LogP contribution is 2.26. The molecule has 1 amide bonds. The zero-order chi connectivity index (χ0) is 20.1. The summed E-state index contributed by atoms with van der Waals surface area (Å²) < 4.78 is 9.08. The second-order valence-electron chi connectivity index (χ2n) is 7.10. The van der Waals surface area contributed by atoms with Crippen LogP contribution in [0, 0.1) is 0 Å². The molecule has 1 aliphatic rings. The van der Waals surface area contributed by atoms with Crippen LogP contribution in [0.5, 0.6) is 5.75 Å². The molecule has 2 aromatic heterocycles. The number of rotatable bonds is 7. The van der Waals surface area contributed by atoms with Crippen molar-refractivity contribution in [3.63, 3.8) is 0 Å². The summed E-state index contributed by atoms with van der Waals surface area (Å²) in [6.07, 6.45) is 9.70. The summed E-state index contributed by atoms with van der Waals surface area (Å²) in [6, 6.07) is 11.9. The number of ether oxygens (including phenoxy) is 1. The number of nitrogens with one attached hydrogen (secondary N) is 1. The normalized spacial score (nSPS) is 14.7. The summed E-state index contributed by atoms with van der Waals surface area (Å²) >= 11 is 1.40. The monoisotopic (exact) mass is 411 g/mol. The van der Waals surface area contributed by atoms with Crippen LogP contribution in [0.15, 0.2) is 53.9 Å². The Kier molecular flexibility index (Phi) is 6.19. The van der Waals surface area contributed by atoms with Gasteiger partial charge in [-0.15, -0.1) is 10.2 Å². The minimum absolute atomic E-state index is 0.0509. The SMILES string of the molecule is COc1ccc(-c2nnc(SCC(=O)NC3CCCCC3)n2-n2cccc2)cc1. The topological polar surface area (TPSA) is 74.0 Å². The van der Waals surface area contributed by atoms with Crippen molar-refractivity contribution in [2.45, 2.75) is 43.3 Å². The molecule has 0 bridgehead atoms. The van der Waals surface area contributed by atoms with Crippen molar-refractivity contribution in [2.75, 3.05) is 12.9 Å². The first kappa shape index (κ1) is 19.6. The molecule has 1 aromatic carbocycles. The van der Waals surface area contributed by atoms with Crippen LogP contribution in [-0.4, -0.2) is 44.4 Å². The van der Waals surface area contributed by atoms with E-state index < -0.39 is 0 Å². The lowest BCUT2D eigenvalue weighted by molar-refractivity contribution is -0.119. The van der Waals surface area contributed by atoms with Gasteiger partial charge in [-0.3, -0.25) is 9.47 Å². The molecule has 0 spiro atoms. The molecule has 8 heteroatoms. The van der Waals surface area contributed by atoms with E-state index in [1.54, 1.807) is 7.11 Å². The molecule has 0 aliphatic heterocycles. The predicted molar refractivity (Wildman–Crippen MR) is 113 cm³/mol. The summed E-state index contributed by atoms with van der Waals surface area (Å²) in [6.45, 7) is 0. The zero-order valence-electron chi connectivity index (χ0n) is 16.5. The van der Waals surface area contributed by atoms with Crippen LogP contribution >= 0.6 is 11.8 Å². The molecule has 0 saturated heterocycles. The molecule has 0 radical (unpaired) electrons. The van der Waals surface area contributed by atoms with Crippen LogP contribution in [0.4, 0.5) is 0 Å². The highest BCUT2D eigenvalue weighted by molar-refractivity contribution is 7.99. The molecule has 1 aliphatic carbocycles. The number of amides is 1. The Bertz CT molecular complexity index is 931. The van der Waals surface area contributed by atoms with Crippen molar-refractivity contribution in [3.05, 3.63) is 48.8 Å². The first-order chi connectivity index (χ1) is 14.2. The number of methoxy groups -OCH3 is 1. The van der Waals surface area contributed by atoms with E-state index in [1.165, 1.54) is 31.0 Å². The third-order valence-electron chi connectivity index (χ3n) is 5.08. The third kappa shape index (κ3) is 4.64. The van der Waals surface area contributed by atoms with Gasteiger partial charge in [0.25, 0.3) is 0 Å². The molecular weight excluding hydrogens is 386 g/mol. The highest BCUT2D eigenvalue weighted by Gasteiger charge is 2.19. The van der Waals surface area contributed by atoms with Crippen LogP contribution in [0.25, 0.3) is 11.4 Å². The van der Waals surface area contributed by atoms with Crippen molar-refractivity contribution in [1.29, 1.82) is 0 Å². The van der Waals surface area contributed by atoms with Gasteiger partial charge in [-0.2, -0.15) is 0 Å². The van der Waals surface area contributed by atoms with E-state index in [0.717, 1.165) is 24.2 Å².